The summed E-state index contributed by atoms with van der Waals surface area (Å²) in [6, 6.07) is 0. The number of nitrogens with two attached hydrogens (primary N) is 1. The molecule has 5 nitrogen and oxygen atoms in total. The van der Waals surface area contributed by atoms with E-state index < -0.39 is 0 Å². The van der Waals surface area contributed by atoms with Gasteiger partial charge in [0, 0.05) is 39.1 Å². The zero-order chi connectivity index (χ0) is 10.6. The molecule has 1 aromatic heterocycles. The second kappa shape index (κ2) is 4.76. The number of aromatic nitrogens is 2. The van der Waals surface area contributed by atoms with Gasteiger partial charge in [0.1, 0.15) is 0 Å². The zero-order valence-electron chi connectivity index (χ0n) is 8.60. The molecule has 0 aliphatic rings. The second-order valence-electron chi connectivity index (χ2n) is 3.05. The predicted octanol–water partition coefficient (Wildman–Crippen LogP) is -0.342. The summed E-state index contributed by atoms with van der Waals surface area (Å²) >= 11 is 0. The Morgan fingerprint density at radius 2 is 2.36 bits per heavy atom. The van der Waals surface area contributed by atoms with E-state index in [1.54, 1.807) is 21.9 Å². The normalized spacial score (nSPS) is 10.2. The number of nitrogens with zero attached hydrogens (tertiary/aromatic N) is 3. The summed E-state index contributed by atoms with van der Waals surface area (Å²) in [4.78, 5) is 17.5. The van der Waals surface area contributed by atoms with Crippen LogP contribution in [-0.4, -0.2) is 29.7 Å². The topological polar surface area (TPSA) is 64.2 Å². The minimum absolute atomic E-state index is 0.0639. The molecule has 14 heavy (non-hydrogen) atoms. The molecule has 1 rings (SSSR count). The molecule has 0 amide bonds. The van der Waals surface area contributed by atoms with E-state index in [2.05, 4.69) is 4.98 Å². The van der Waals surface area contributed by atoms with E-state index in [4.69, 9.17) is 5.73 Å². The van der Waals surface area contributed by atoms with Gasteiger partial charge < -0.3 is 15.2 Å². The van der Waals surface area contributed by atoms with E-state index in [9.17, 15) is 4.79 Å². The van der Waals surface area contributed by atoms with Gasteiger partial charge in [-0.1, -0.05) is 0 Å². The van der Waals surface area contributed by atoms with Crippen LogP contribution < -0.4 is 16.2 Å². The molecule has 0 saturated heterocycles. The van der Waals surface area contributed by atoms with Crippen molar-refractivity contribution in [1.82, 2.24) is 9.55 Å². The Bertz CT molecular complexity index is 347. The highest BCUT2D eigenvalue weighted by molar-refractivity contribution is 5.34. The third-order valence-corrected chi connectivity index (χ3v) is 2.06. The van der Waals surface area contributed by atoms with E-state index in [0.717, 1.165) is 0 Å². The van der Waals surface area contributed by atoms with Gasteiger partial charge in [0.15, 0.2) is 5.82 Å². The van der Waals surface area contributed by atoms with Gasteiger partial charge in [-0.05, 0) is 6.92 Å². The summed E-state index contributed by atoms with van der Waals surface area (Å²) in [5.41, 5.74) is 5.35. The molecular weight excluding hydrogens is 180 g/mol. The van der Waals surface area contributed by atoms with Gasteiger partial charge in [0.05, 0.1) is 0 Å². The first-order valence-electron chi connectivity index (χ1n) is 4.67. The predicted molar refractivity (Wildman–Crippen MR) is 56.5 cm³/mol. The van der Waals surface area contributed by atoms with Gasteiger partial charge in [0.2, 0.25) is 0 Å². The van der Waals surface area contributed by atoms with E-state index in [1.807, 2.05) is 14.0 Å². The van der Waals surface area contributed by atoms with Crippen LogP contribution in [0.25, 0.3) is 0 Å². The Balaban J connectivity index is 3.03. The molecule has 0 atom stereocenters. The summed E-state index contributed by atoms with van der Waals surface area (Å²) in [5, 5.41) is 0. The van der Waals surface area contributed by atoms with Gasteiger partial charge >= 0.3 is 0 Å². The van der Waals surface area contributed by atoms with Crippen LogP contribution in [0.3, 0.4) is 0 Å². The maximum absolute atomic E-state index is 11.7. The van der Waals surface area contributed by atoms with Gasteiger partial charge in [0.25, 0.3) is 5.56 Å². The molecule has 0 spiro atoms. The van der Waals surface area contributed by atoms with Gasteiger partial charge in [-0.2, -0.15) is 0 Å². The van der Waals surface area contributed by atoms with Crippen LogP contribution in [0.1, 0.15) is 6.92 Å². The van der Waals surface area contributed by atoms with Crippen LogP contribution in [-0.2, 0) is 6.54 Å². The van der Waals surface area contributed by atoms with Crippen molar-refractivity contribution in [3.8, 4) is 0 Å². The lowest BCUT2D eigenvalue weighted by Gasteiger charge is -2.16. The van der Waals surface area contributed by atoms with Crippen molar-refractivity contribution in [1.29, 1.82) is 0 Å². The minimum Gasteiger partial charge on any atom is -0.354 e. The van der Waals surface area contributed by atoms with Crippen molar-refractivity contribution >= 4 is 5.82 Å². The van der Waals surface area contributed by atoms with Crippen molar-refractivity contribution in [3.63, 3.8) is 0 Å². The molecule has 0 aliphatic carbocycles. The Morgan fingerprint density at radius 3 is 2.93 bits per heavy atom. The van der Waals surface area contributed by atoms with Crippen LogP contribution in [0.5, 0.6) is 0 Å². The van der Waals surface area contributed by atoms with E-state index in [-0.39, 0.29) is 5.56 Å². The van der Waals surface area contributed by atoms with E-state index in [1.165, 1.54) is 0 Å². The average molecular weight is 196 g/mol. The van der Waals surface area contributed by atoms with Gasteiger partial charge in [-0.25, -0.2) is 4.98 Å². The quantitative estimate of drug-likeness (QED) is 0.715. The summed E-state index contributed by atoms with van der Waals surface area (Å²) in [6.07, 6.45) is 3.31. The highest BCUT2D eigenvalue weighted by Crippen LogP contribution is 1.98. The third kappa shape index (κ3) is 2.11. The van der Waals surface area contributed by atoms with Crippen LogP contribution in [0.15, 0.2) is 17.2 Å². The van der Waals surface area contributed by atoms with Gasteiger partial charge in [-0.15, -0.1) is 0 Å². The zero-order valence-corrected chi connectivity index (χ0v) is 8.60. The number of anilines is 1. The summed E-state index contributed by atoms with van der Waals surface area (Å²) < 4.78 is 1.62. The summed E-state index contributed by atoms with van der Waals surface area (Å²) in [7, 11) is 1.82. The molecule has 2 N–H and O–H groups in total. The molecular formula is C9H16N4O. The lowest BCUT2D eigenvalue weighted by molar-refractivity contribution is 0.708. The molecule has 0 radical (unpaired) electrons. The Kier molecular flexibility index (Phi) is 3.64. The fraction of sp³-hybridized carbons (Fsp3) is 0.556. The highest BCUT2D eigenvalue weighted by atomic mass is 16.1. The van der Waals surface area contributed by atoms with Crippen molar-refractivity contribution in [2.75, 3.05) is 25.0 Å². The summed E-state index contributed by atoms with van der Waals surface area (Å²) in [5.74, 6) is 0.458. The standard InChI is InChI=1S/C9H16N4O/c1-3-13-7-5-11-8(9(13)14)12(2)6-4-10/h5,7H,3-4,6,10H2,1-2H3. The fourth-order valence-corrected chi connectivity index (χ4v) is 1.25. The molecule has 1 heterocycles. The van der Waals surface area contributed by atoms with E-state index in [0.29, 0.717) is 25.5 Å². The Hall–Kier alpha value is -1.36. The molecule has 0 fully saturated rings. The first-order valence-corrected chi connectivity index (χ1v) is 4.67. The molecule has 0 aromatic carbocycles. The number of hydrogen-bond acceptors (Lipinski definition) is 4. The number of aryl methyl sites for hydroxylation is 1. The SMILES string of the molecule is CCn1ccnc(N(C)CCN)c1=O. The molecule has 0 bridgehead atoms. The van der Waals surface area contributed by atoms with Crippen LogP contribution in [0.4, 0.5) is 5.82 Å². The smallest absolute Gasteiger partial charge is 0.293 e. The largest absolute Gasteiger partial charge is 0.354 e. The molecule has 1 aromatic rings. The monoisotopic (exact) mass is 196 g/mol. The number of likely N-dealkylation sites (N-methyl/N-ethyl adjacent to an activating group) is 1. The number of rotatable bonds is 4. The maximum atomic E-state index is 11.7. The van der Waals surface area contributed by atoms with Crippen molar-refractivity contribution < 1.29 is 0 Å². The molecule has 0 aliphatic heterocycles. The van der Waals surface area contributed by atoms with Crippen LogP contribution in [0, 0.1) is 0 Å². The first kappa shape index (κ1) is 10.7. The lowest BCUT2D eigenvalue weighted by atomic mass is 10.5. The van der Waals surface area contributed by atoms with Crippen LogP contribution in [0.2, 0.25) is 0 Å². The molecule has 5 heteroatoms. The fourth-order valence-electron chi connectivity index (χ4n) is 1.25. The van der Waals surface area contributed by atoms with Crippen molar-refractivity contribution in [2.45, 2.75) is 13.5 Å². The highest BCUT2D eigenvalue weighted by Gasteiger charge is 2.07. The second-order valence-corrected chi connectivity index (χ2v) is 3.05. The average Bonchev–Trinajstić information content (AvgIpc) is 2.18. The van der Waals surface area contributed by atoms with Crippen molar-refractivity contribution in [2.24, 2.45) is 5.73 Å². The minimum atomic E-state index is -0.0639. The van der Waals surface area contributed by atoms with Crippen molar-refractivity contribution in [3.05, 3.63) is 22.7 Å². The van der Waals surface area contributed by atoms with E-state index >= 15 is 0 Å². The molecule has 0 saturated carbocycles. The van der Waals surface area contributed by atoms with Crippen LogP contribution >= 0.6 is 0 Å². The Labute approximate surface area is 83.2 Å². The summed E-state index contributed by atoms with van der Waals surface area (Å²) in [6.45, 7) is 3.73. The lowest BCUT2D eigenvalue weighted by Crippen LogP contribution is -2.33. The third-order valence-electron chi connectivity index (χ3n) is 2.06. The first-order chi connectivity index (χ1) is 6.70. The van der Waals surface area contributed by atoms with Gasteiger partial charge in [-0.3, -0.25) is 4.79 Å². The maximum Gasteiger partial charge on any atom is 0.293 e. The Morgan fingerprint density at radius 1 is 1.64 bits per heavy atom. The number of hydrogen-bond donors (Lipinski definition) is 1. The molecule has 0 unspecified atom stereocenters. The molecule has 78 valence electrons.